The molecule has 0 radical (unpaired) electrons. The standard InChI is InChI=1S/C18H14ClF2N3O3/c1-8-13(7-6-11(20)15(8)21)24-16(9(2)22-18(26)27)23-12-5-3-4-10(19)14(12)17(24)25/h3-7,9,22H,1-2H3,(H,26,27). The highest BCUT2D eigenvalue weighted by atomic mass is 35.5. The van der Waals surface area contributed by atoms with Gasteiger partial charge in [0.2, 0.25) is 0 Å². The number of rotatable bonds is 3. The molecule has 9 heteroatoms. The van der Waals surface area contributed by atoms with Gasteiger partial charge < -0.3 is 10.4 Å². The van der Waals surface area contributed by atoms with Crippen molar-refractivity contribution >= 4 is 28.6 Å². The Morgan fingerprint density at radius 1 is 1.30 bits per heavy atom. The van der Waals surface area contributed by atoms with Crippen molar-refractivity contribution in [2.45, 2.75) is 19.9 Å². The lowest BCUT2D eigenvalue weighted by Crippen LogP contribution is -2.33. The van der Waals surface area contributed by atoms with E-state index in [0.717, 1.165) is 10.6 Å². The molecular weight excluding hydrogens is 380 g/mol. The first kappa shape index (κ1) is 18.8. The molecule has 1 unspecified atom stereocenters. The molecule has 1 aromatic heterocycles. The van der Waals surface area contributed by atoms with E-state index in [0.29, 0.717) is 0 Å². The van der Waals surface area contributed by atoms with E-state index in [-0.39, 0.29) is 33.0 Å². The molecule has 0 saturated carbocycles. The first-order chi connectivity index (χ1) is 12.7. The number of hydrogen-bond acceptors (Lipinski definition) is 3. The molecule has 2 N–H and O–H groups in total. The minimum atomic E-state index is -1.32. The third-order valence-corrected chi connectivity index (χ3v) is 4.47. The van der Waals surface area contributed by atoms with E-state index in [4.69, 9.17) is 16.7 Å². The van der Waals surface area contributed by atoms with Crippen LogP contribution in [0, 0.1) is 18.6 Å². The second-order valence-electron chi connectivity index (χ2n) is 5.92. The molecule has 27 heavy (non-hydrogen) atoms. The highest BCUT2D eigenvalue weighted by molar-refractivity contribution is 6.35. The Bertz CT molecular complexity index is 1130. The van der Waals surface area contributed by atoms with Crippen molar-refractivity contribution in [3.8, 4) is 5.69 Å². The first-order valence-corrected chi connectivity index (χ1v) is 8.25. The molecule has 3 aromatic rings. The summed E-state index contributed by atoms with van der Waals surface area (Å²) in [5.74, 6) is -2.15. The average Bonchev–Trinajstić information content (AvgIpc) is 2.60. The molecule has 0 fully saturated rings. The number of amides is 1. The summed E-state index contributed by atoms with van der Waals surface area (Å²) >= 11 is 6.14. The van der Waals surface area contributed by atoms with Gasteiger partial charge in [-0.15, -0.1) is 0 Å². The molecule has 0 spiro atoms. The fourth-order valence-corrected chi connectivity index (χ4v) is 3.11. The van der Waals surface area contributed by atoms with Crippen molar-refractivity contribution in [2.24, 2.45) is 0 Å². The van der Waals surface area contributed by atoms with Gasteiger partial charge in [0.05, 0.1) is 27.7 Å². The van der Waals surface area contributed by atoms with Crippen molar-refractivity contribution in [2.75, 3.05) is 0 Å². The van der Waals surface area contributed by atoms with Gasteiger partial charge in [0.25, 0.3) is 5.56 Å². The molecule has 2 aromatic carbocycles. The summed E-state index contributed by atoms with van der Waals surface area (Å²) in [4.78, 5) is 28.6. The number of hydrogen-bond donors (Lipinski definition) is 2. The molecule has 0 saturated heterocycles. The maximum Gasteiger partial charge on any atom is 0.405 e. The largest absolute Gasteiger partial charge is 0.465 e. The van der Waals surface area contributed by atoms with Gasteiger partial charge in [-0.25, -0.2) is 18.6 Å². The van der Waals surface area contributed by atoms with Crippen molar-refractivity contribution in [1.29, 1.82) is 0 Å². The number of fused-ring (bicyclic) bond motifs is 1. The summed E-state index contributed by atoms with van der Waals surface area (Å²) in [6.07, 6.45) is -1.32. The predicted octanol–water partition coefficient (Wildman–Crippen LogP) is 3.95. The molecule has 0 aliphatic carbocycles. The highest BCUT2D eigenvalue weighted by Crippen LogP contribution is 2.25. The van der Waals surface area contributed by atoms with Gasteiger partial charge in [-0.2, -0.15) is 0 Å². The van der Waals surface area contributed by atoms with Gasteiger partial charge in [-0.05, 0) is 38.1 Å². The topological polar surface area (TPSA) is 84.2 Å². The zero-order valence-corrected chi connectivity index (χ0v) is 15.0. The Hall–Kier alpha value is -3.00. The normalized spacial score (nSPS) is 12.2. The summed E-state index contributed by atoms with van der Waals surface area (Å²) < 4.78 is 28.7. The molecule has 0 bridgehead atoms. The van der Waals surface area contributed by atoms with E-state index < -0.39 is 29.3 Å². The zero-order valence-electron chi connectivity index (χ0n) is 14.3. The summed E-state index contributed by atoms with van der Waals surface area (Å²) in [5, 5.41) is 11.5. The quantitative estimate of drug-likeness (QED) is 0.705. The van der Waals surface area contributed by atoms with Crippen LogP contribution in [0.1, 0.15) is 24.4 Å². The number of aromatic nitrogens is 2. The SMILES string of the molecule is Cc1c(-n2c(C(C)NC(=O)O)nc3cccc(Cl)c3c2=O)ccc(F)c1F. The minimum absolute atomic E-state index is 0.0197. The van der Waals surface area contributed by atoms with E-state index in [2.05, 4.69) is 10.3 Å². The number of carbonyl (C=O) groups is 1. The molecule has 6 nitrogen and oxygen atoms in total. The van der Waals surface area contributed by atoms with E-state index >= 15 is 0 Å². The number of benzene rings is 2. The number of carboxylic acid groups (broad SMARTS) is 1. The van der Waals surface area contributed by atoms with Gasteiger partial charge in [-0.3, -0.25) is 9.36 Å². The van der Waals surface area contributed by atoms with Crippen LogP contribution in [-0.4, -0.2) is 20.8 Å². The highest BCUT2D eigenvalue weighted by Gasteiger charge is 2.22. The number of nitrogens with zero attached hydrogens (tertiary/aromatic N) is 2. The number of halogens is 3. The van der Waals surface area contributed by atoms with Crippen LogP contribution in [0.25, 0.3) is 16.6 Å². The lowest BCUT2D eigenvalue weighted by Gasteiger charge is -2.20. The Morgan fingerprint density at radius 2 is 2.00 bits per heavy atom. The molecule has 0 aliphatic heterocycles. The lowest BCUT2D eigenvalue weighted by atomic mass is 10.1. The van der Waals surface area contributed by atoms with Crippen molar-refractivity contribution in [3.63, 3.8) is 0 Å². The van der Waals surface area contributed by atoms with E-state index in [1.54, 1.807) is 12.1 Å². The van der Waals surface area contributed by atoms with Gasteiger partial charge in [0, 0.05) is 5.56 Å². The zero-order chi connectivity index (χ0) is 19.9. The van der Waals surface area contributed by atoms with E-state index in [1.165, 1.54) is 26.0 Å². The molecule has 1 amide bonds. The van der Waals surface area contributed by atoms with E-state index in [9.17, 15) is 18.4 Å². The van der Waals surface area contributed by atoms with Crippen LogP contribution in [-0.2, 0) is 0 Å². The van der Waals surface area contributed by atoms with Crippen LogP contribution in [0.4, 0.5) is 13.6 Å². The van der Waals surface area contributed by atoms with Crippen LogP contribution >= 0.6 is 11.6 Å². The van der Waals surface area contributed by atoms with Gasteiger partial charge in [-0.1, -0.05) is 17.7 Å². The molecule has 1 atom stereocenters. The van der Waals surface area contributed by atoms with Crippen LogP contribution in [0.3, 0.4) is 0 Å². The maximum atomic E-state index is 14.1. The van der Waals surface area contributed by atoms with Gasteiger partial charge >= 0.3 is 6.09 Å². The minimum Gasteiger partial charge on any atom is -0.465 e. The van der Waals surface area contributed by atoms with Crippen molar-refractivity contribution < 1.29 is 18.7 Å². The van der Waals surface area contributed by atoms with Crippen LogP contribution in [0.15, 0.2) is 35.1 Å². The summed E-state index contributed by atoms with van der Waals surface area (Å²) in [6, 6.07) is 5.88. The molecule has 140 valence electrons. The fraction of sp³-hybridized carbons (Fsp3) is 0.167. The van der Waals surface area contributed by atoms with Crippen LogP contribution in [0.5, 0.6) is 0 Å². The second kappa shape index (κ2) is 6.96. The van der Waals surface area contributed by atoms with E-state index in [1.807, 2.05) is 0 Å². The fourth-order valence-electron chi connectivity index (χ4n) is 2.86. The monoisotopic (exact) mass is 393 g/mol. The van der Waals surface area contributed by atoms with Gasteiger partial charge in [0.1, 0.15) is 5.82 Å². The Balaban J connectivity index is 2.44. The summed E-state index contributed by atoms with van der Waals surface area (Å²) in [5.41, 5.74) is -0.428. The van der Waals surface area contributed by atoms with Gasteiger partial charge in [0.15, 0.2) is 11.6 Å². The number of nitrogens with one attached hydrogen (secondary N) is 1. The Labute approximate surface area is 157 Å². The van der Waals surface area contributed by atoms with Crippen molar-refractivity contribution in [3.05, 3.63) is 68.7 Å². The molecule has 3 rings (SSSR count). The van der Waals surface area contributed by atoms with Crippen molar-refractivity contribution in [1.82, 2.24) is 14.9 Å². The Morgan fingerprint density at radius 3 is 2.67 bits per heavy atom. The predicted molar refractivity (Wildman–Crippen MR) is 96.6 cm³/mol. The smallest absolute Gasteiger partial charge is 0.405 e. The first-order valence-electron chi connectivity index (χ1n) is 7.88. The maximum absolute atomic E-state index is 14.1. The average molecular weight is 394 g/mol. The van der Waals surface area contributed by atoms with Crippen LogP contribution in [0.2, 0.25) is 5.02 Å². The van der Waals surface area contributed by atoms with Crippen LogP contribution < -0.4 is 10.9 Å². The second-order valence-corrected chi connectivity index (χ2v) is 6.33. The third-order valence-electron chi connectivity index (χ3n) is 4.15. The third kappa shape index (κ3) is 3.23. The summed E-state index contributed by atoms with van der Waals surface area (Å²) in [6.45, 7) is 2.80. The molecule has 0 aliphatic rings. The molecular formula is C18H14ClF2N3O3. The Kier molecular flexibility index (Phi) is 4.84. The molecule has 1 heterocycles. The lowest BCUT2D eigenvalue weighted by molar-refractivity contribution is 0.190. The summed E-state index contributed by atoms with van der Waals surface area (Å²) in [7, 11) is 0.